The lowest BCUT2D eigenvalue weighted by Crippen LogP contribution is -2.30. The summed E-state index contributed by atoms with van der Waals surface area (Å²) in [6, 6.07) is 9.77. The number of halogens is 1. The van der Waals surface area contributed by atoms with E-state index in [0.717, 1.165) is 12.8 Å². The number of aromatic nitrogens is 1. The summed E-state index contributed by atoms with van der Waals surface area (Å²) in [7, 11) is -2.21. The first-order chi connectivity index (χ1) is 17.0. The van der Waals surface area contributed by atoms with Gasteiger partial charge < -0.3 is 25.8 Å². The summed E-state index contributed by atoms with van der Waals surface area (Å²) in [5.41, 5.74) is 6.73. The van der Waals surface area contributed by atoms with Crippen molar-refractivity contribution in [2.24, 2.45) is 5.73 Å². The van der Waals surface area contributed by atoms with E-state index >= 15 is 0 Å². The molecule has 0 aliphatic heterocycles. The molecule has 0 radical (unpaired) electrons. The monoisotopic (exact) mass is 536 g/mol. The second kappa shape index (κ2) is 11.4. The number of methoxy groups -OCH3 is 1. The Morgan fingerprint density at radius 2 is 1.89 bits per heavy atom. The molecule has 3 amide bonds. The zero-order chi connectivity index (χ0) is 26.5. The maximum absolute atomic E-state index is 11.9. The number of ether oxygens (including phenoxy) is 2. The van der Waals surface area contributed by atoms with Crippen molar-refractivity contribution >= 4 is 50.2 Å². The summed E-state index contributed by atoms with van der Waals surface area (Å²) in [5, 5.41) is 6.48. The molecule has 1 fully saturated rings. The molecule has 0 bridgehead atoms. The zero-order valence-electron chi connectivity index (χ0n) is 19.4. The van der Waals surface area contributed by atoms with Gasteiger partial charge in [-0.1, -0.05) is 11.6 Å². The maximum Gasteiger partial charge on any atom is 0.319 e. The van der Waals surface area contributed by atoms with Gasteiger partial charge in [-0.05, 0) is 44.0 Å². The van der Waals surface area contributed by atoms with Gasteiger partial charge in [0.15, 0.2) is 0 Å². The molecule has 0 spiro atoms. The molecular formula is C23H25ClN4O7S. The number of amides is 3. The van der Waals surface area contributed by atoms with Crippen molar-refractivity contribution in [1.29, 1.82) is 0 Å². The molecule has 1 aromatic heterocycles. The summed E-state index contributed by atoms with van der Waals surface area (Å²) < 4.78 is 38.1. The molecular weight excluding hydrogens is 512 g/mol. The standard InChI is InChI=1S/C21H19ClN4O4.C2H6O3S/c1-29-19-10-17-13(9-14(19)20(23)27)18(6-7-24-17)30-12-4-5-16(15(22)8-12)26-21(28)25-11-2-3-11;1-2-6(3,4)5/h4-11H,2-3H2,1H3,(H2,23,27)(H2,25,26,28);2H2,1H3,(H,3,4,5). The molecule has 1 heterocycles. The number of carbonyl (C=O) groups excluding carboxylic acids is 2. The van der Waals surface area contributed by atoms with Gasteiger partial charge >= 0.3 is 6.03 Å². The Morgan fingerprint density at radius 1 is 1.19 bits per heavy atom. The highest BCUT2D eigenvalue weighted by molar-refractivity contribution is 7.85. The van der Waals surface area contributed by atoms with E-state index in [-0.39, 0.29) is 23.4 Å². The lowest BCUT2D eigenvalue weighted by molar-refractivity contribution is 0.0997. The summed E-state index contributed by atoms with van der Waals surface area (Å²) in [4.78, 5) is 28.0. The van der Waals surface area contributed by atoms with Crippen molar-refractivity contribution in [3.05, 3.63) is 53.2 Å². The SMILES string of the molecule is CCS(=O)(=O)O.COc1cc2nccc(Oc3ccc(NC(=O)NC4CC4)c(Cl)c3)c2cc1C(N)=O. The van der Waals surface area contributed by atoms with Gasteiger partial charge in [0.05, 0.1) is 34.7 Å². The summed E-state index contributed by atoms with van der Waals surface area (Å²) >= 11 is 6.30. The van der Waals surface area contributed by atoms with Crippen molar-refractivity contribution in [2.75, 3.05) is 18.2 Å². The molecule has 5 N–H and O–H groups in total. The first kappa shape index (κ1) is 27.0. The van der Waals surface area contributed by atoms with Gasteiger partial charge in [-0.3, -0.25) is 14.3 Å². The first-order valence-corrected chi connectivity index (χ1v) is 12.8. The topological polar surface area (TPSA) is 170 Å². The van der Waals surface area contributed by atoms with Crippen molar-refractivity contribution < 1.29 is 32.0 Å². The fourth-order valence-electron chi connectivity index (χ4n) is 2.96. The number of pyridine rings is 1. The number of rotatable bonds is 7. The van der Waals surface area contributed by atoms with Crippen molar-refractivity contribution in [1.82, 2.24) is 10.3 Å². The van der Waals surface area contributed by atoms with Crippen LogP contribution < -0.4 is 25.8 Å². The molecule has 3 aromatic rings. The number of fused-ring (bicyclic) bond motifs is 1. The highest BCUT2D eigenvalue weighted by Gasteiger charge is 2.23. The molecule has 0 saturated heterocycles. The van der Waals surface area contributed by atoms with Crippen LogP contribution >= 0.6 is 11.6 Å². The molecule has 1 aliphatic carbocycles. The van der Waals surface area contributed by atoms with Crippen LogP contribution in [0.5, 0.6) is 17.2 Å². The van der Waals surface area contributed by atoms with Gasteiger partial charge in [-0.15, -0.1) is 0 Å². The maximum atomic E-state index is 11.9. The summed E-state index contributed by atoms with van der Waals surface area (Å²) in [6.45, 7) is 1.37. The third-order valence-corrected chi connectivity index (χ3v) is 6.02. The number of nitrogens with one attached hydrogen (secondary N) is 2. The van der Waals surface area contributed by atoms with Gasteiger partial charge in [-0.25, -0.2) is 4.79 Å². The number of primary amides is 1. The van der Waals surface area contributed by atoms with E-state index in [1.54, 1.807) is 42.6 Å². The van der Waals surface area contributed by atoms with Gasteiger partial charge in [0, 0.05) is 29.8 Å². The third-order valence-electron chi connectivity index (χ3n) is 4.98. The molecule has 2 aromatic carbocycles. The Kier molecular flexibility index (Phi) is 8.56. The largest absolute Gasteiger partial charge is 0.496 e. The zero-order valence-corrected chi connectivity index (χ0v) is 21.0. The van der Waals surface area contributed by atoms with E-state index in [1.807, 2.05) is 0 Å². The van der Waals surface area contributed by atoms with Gasteiger partial charge in [0.1, 0.15) is 17.2 Å². The van der Waals surface area contributed by atoms with E-state index in [9.17, 15) is 18.0 Å². The fraction of sp³-hybridized carbons (Fsp3) is 0.261. The van der Waals surface area contributed by atoms with E-state index in [4.69, 9.17) is 31.4 Å². The van der Waals surface area contributed by atoms with Crippen LogP contribution in [0, 0.1) is 0 Å². The third kappa shape index (κ3) is 7.44. The van der Waals surface area contributed by atoms with Crippen LogP contribution in [0.3, 0.4) is 0 Å². The highest BCUT2D eigenvalue weighted by Crippen LogP contribution is 2.35. The Morgan fingerprint density at radius 3 is 2.44 bits per heavy atom. The summed E-state index contributed by atoms with van der Waals surface area (Å²) in [6.07, 6.45) is 3.58. The Labute approximate surface area is 212 Å². The van der Waals surface area contributed by atoms with Crippen molar-refractivity contribution in [3.8, 4) is 17.2 Å². The Balaban J connectivity index is 0.000000538. The number of hydrogen-bond acceptors (Lipinski definition) is 7. The second-order valence-electron chi connectivity index (χ2n) is 7.73. The molecule has 1 saturated carbocycles. The summed E-state index contributed by atoms with van der Waals surface area (Å²) in [5.74, 6) is 0.437. The van der Waals surface area contributed by atoms with Crippen LogP contribution in [0.15, 0.2) is 42.6 Å². The van der Waals surface area contributed by atoms with Crippen LogP contribution in [0.4, 0.5) is 10.5 Å². The number of urea groups is 1. The molecule has 192 valence electrons. The van der Waals surface area contributed by atoms with E-state index in [1.165, 1.54) is 14.0 Å². The number of nitrogens with two attached hydrogens (primary N) is 1. The van der Waals surface area contributed by atoms with Crippen molar-refractivity contribution in [3.63, 3.8) is 0 Å². The van der Waals surface area contributed by atoms with Crippen LogP contribution in [-0.2, 0) is 10.1 Å². The normalized spacial score (nSPS) is 12.8. The number of nitrogens with zero attached hydrogens (tertiary/aromatic N) is 1. The minimum absolute atomic E-state index is 0.201. The average Bonchev–Trinajstić information content (AvgIpc) is 3.64. The molecule has 36 heavy (non-hydrogen) atoms. The van der Waals surface area contributed by atoms with Gasteiger partial charge in [0.25, 0.3) is 16.0 Å². The van der Waals surface area contributed by atoms with E-state index in [0.29, 0.717) is 38.9 Å². The average molecular weight is 537 g/mol. The molecule has 1 aliphatic rings. The van der Waals surface area contributed by atoms with E-state index in [2.05, 4.69) is 15.6 Å². The quantitative estimate of drug-likeness (QED) is 0.328. The van der Waals surface area contributed by atoms with E-state index < -0.39 is 16.0 Å². The molecule has 13 heteroatoms. The first-order valence-electron chi connectivity index (χ1n) is 10.8. The molecule has 0 unspecified atom stereocenters. The van der Waals surface area contributed by atoms with Crippen LogP contribution in [-0.4, -0.2) is 48.8 Å². The lowest BCUT2D eigenvalue weighted by Gasteiger charge is -2.13. The van der Waals surface area contributed by atoms with Crippen LogP contribution in [0.2, 0.25) is 5.02 Å². The highest BCUT2D eigenvalue weighted by atomic mass is 35.5. The number of anilines is 1. The van der Waals surface area contributed by atoms with Crippen LogP contribution in [0.25, 0.3) is 10.9 Å². The lowest BCUT2D eigenvalue weighted by atomic mass is 10.1. The Bertz CT molecular complexity index is 1390. The van der Waals surface area contributed by atoms with Crippen LogP contribution in [0.1, 0.15) is 30.1 Å². The molecule has 0 atom stereocenters. The van der Waals surface area contributed by atoms with Gasteiger partial charge in [0.2, 0.25) is 0 Å². The van der Waals surface area contributed by atoms with Crippen molar-refractivity contribution in [2.45, 2.75) is 25.8 Å². The fourth-order valence-corrected chi connectivity index (χ4v) is 3.18. The molecule has 4 rings (SSSR count). The predicted octanol–water partition coefficient (Wildman–Crippen LogP) is 3.97. The minimum atomic E-state index is -3.66. The molecule has 11 nitrogen and oxygen atoms in total. The number of hydrogen-bond donors (Lipinski definition) is 4. The second-order valence-corrected chi connectivity index (χ2v) is 9.88. The number of carbonyl (C=O) groups is 2. The van der Waals surface area contributed by atoms with Gasteiger partial charge in [-0.2, -0.15) is 8.42 Å². The predicted molar refractivity (Wildman–Crippen MR) is 136 cm³/mol. The smallest absolute Gasteiger partial charge is 0.319 e. The number of benzene rings is 2. The Hall–Kier alpha value is -3.61. The minimum Gasteiger partial charge on any atom is -0.496 e.